The van der Waals surface area contributed by atoms with E-state index < -0.39 is 5.97 Å². The number of carboxylic acids is 1. The molecule has 4 N–H and O–H groups in total. The molecule has 2 heterocycles. The van der Waals surface area contributed by atoms with E-state index in [0.717, 1.165) is 5.56 Å². The number of hydrogen-bond acceptors (Lipinski definition) is 8. The predicted molar refractivity (Wildman–Crippen MR) is 133 cm³/mol. The summed E-state index contributed by atoms with van der Waals surface area (Å²) in [4.78, 5) is 38.6. The minimum Gasteiger partial charge on any atom is -0.478 e. The summed E-state index contributed by atoms with van der Waals surface area (Å²) in [5, 5.41) is 25.2. The number of rotatable bonds is 9. The van der Waals surface area contributed by atoms with Crippen molar-refractivity contribution < 1.29 is 19.8 Å². The lowest BCUT2D eigenvalue weighted by Gasteiger charge is -2.17. The van der Waals surface area contributed by atoms with Crippen molar-refractivity contribution >= 4 is 40.1 Å². The summed E-state index contributed by atoms with van der Waals surface area (Å²) in [6, 6.07) is 15.6. The fourth-order valence-electron chi connectivity index (χ4n) is 3.58. The van der Waals surface area contributed by atoms with E-state index >= 15 is 0 Å². The van der Waals surface area contributed by atoms with E-state index in [1.807, 2.05) is 18.2 Å². The maximum Gasteiger partial charge on any atom is 0.337 e. The number of nitrogens with zero attached hydrogens (tertiary/aromatic N) is 4. The molecule has 4 rings (SSSR count). The van der Waals surface area contributed by atoms with Crippen LogP contribution in [-0.2, 0) is 6.54 Å². The molecule has 0 aliphatic heterocycles. The van der Waals surface area contributed by atoms with Crippen molar-refractivity contribution in [3.63, 3.8) is 0 Å². The number of anilines is 3. The first-order valence-electron chi connectivity index (χ1n) is 10.9. The molecule has 0 spiro atoms. The molecule has 0 saturated carbocycles. The summed E-state index contributed by atoms with van der Waals surface area (Å²) in [6.07, 6.45) is 2.88. The van der Waals surface area contributed by atoms with Crippen molar-refractivity contribution in [1.29, 1.82) is 0 Å². The van der Waals surface area contributed by atoms with Crippen LogP contribution in [0.1, 0.15) is 26.3 Å². The molecule has 1 amide bonds. The number of pyridine rings is 1. The highest BCUT2D eigenvalue weighted by molar-refractivity contribution is 6.05. The Morgan fingerprint density at radius 1 is 1.03 bits per heavy atom. The maximum absolute atomic E-state index is 12.8. The number of aliphatic hydroxyl groups excluding tert-OH is 1. The fraction of sp³-hybridized carbons (Fsp3) is 0.160. The number of carbonyl (C=O) groups excluding carboxylic acids is 1. The average molecular weight is 473 g/mol. The van der Waals surface area contributed by atoms with Gasteiger partial charge in [-0.05, 0) is 42.0 Å². The van der Waals surface area contributed by atoms with Crippen LogP contribution in [0.15, 0.2) is 67.1 Å². The molecule has 0 unspecified atom stereocenters. The monoisotopic (exact) mass is 472 g/mol. The number of benzene rings is 2. The third kappa shape index (κ3) is 5.50. The zero-order chi connectivity index (χ0) is 24.8. The van der Waals surface area contributed by atoms with Crippen molar-refractivity contribution in [2.75, 3.05) is 35.7 Å². The Kier molecular flexibility index (Phi) is 7.12. The summed E-state index contributed by atoms with van der Waals surface area (Å²) in [6.45, 7) is 0.797. The van der Waals surface area contributed by atoms with E-state index in [-0.39, 0.29) is 18.1 Å². The highest BCUT2D eigenvalue weighted by Crippen LogP contribution is 2.23. The highest BCUT2D eigenvalue weighted by atomic mass is 16.4. The van der Waals surface area contributed by atoms with E-state index in [2.05, 4.69) is 25.6 Å². The number of aliphatic hydroxyl groups is 1. The number of carboxylic acid groups (broad SMARTS) is 1. The second-order valence-electron chi connectivity index (χ2n) is 7.79. The molecular weight excluding hydrogens is 448 g/mol. The highest BCUT2D eigenvalue weighted by Gasteiger charge is 2.13. The molecule has 10 nitrogen and oxygen atoms in total. The summed E-state index contributed by atoms with van der Waals surface area (Å²) in [5.41, 5.74) is 2.43. The van der Waals surface area contributed by atoms with E-state index in [4.69, 9.17) is 5.11 Å². The van der Waals surface area contributed by atoms with Crippen LogP contribution in [0.4, 0.5) is 17.3 Å². The fourth-order valence-corrected chi connectivity index (χ4v) is 3.58. The Bertz CT molecular complexity index is 1380. The Labute approximate surface area is 201 Å². The van der Waals surface area contributed by atoms with E-state index in [9.17, 15) is 14.7 Å². The van der Waals surface area contributed by atoms with Crippen molar-refractivity contribution in [3.05, 3.63) is 83.8 Å². The molecule has 2 aromatic carbocycles. The van der Waals surface area contributed by atoms with Crippen LogP contribution in [-0.4, -0.2) is 57.2 Å². The molecule has 178 valence electrons. The Morgan fingerprint density at radius 2 is 1.86 bits per heavy atom. The molecule has 0 radical (unpaired) electrons. The van der Waals surface area contributed by atoms with Gasteiger partial charge < -0.3 is 25.7 Å². The van der Waals surface area contributed by atoms with Gasteiger partial charge in [-0.25, -0.2) is 19.7 Å². The number of aromatic nitrogens is 3. The standard InChI is InChI=1S/C25H24N6O4/c1-31(10-11-32)21-13-17(8-9-26-21)24(33)30-18-5-2-4-16(12-18)14-27-23-19-6-3-7-20(25(34)35)22(19)28-15-29-23/h2-9,12-13,15,32H,10-11,14H2,1H3,(H,30,33)(H,34,35)(H,27,28,29). The third-order valence-electron chi connectivity index (χ3n) is 5.37. The van der Waals surface area contributed by atoms with E-state index in [1.54, 1.807) is 48.5 Å². The van der Waals surface area contributed by atoms with Gasteiger partial charge in [-0.3, -0.25) is 4.79 Å². The molecule has 0 fully saturated rings. The zero-order valence-electron chi connectivity index (χ0n) is 19.0. The van der Waals surface area contributed by atoms with Gasteiger partial charge in [0.15, 0.2) is 0 Å². The van der Waals surface area contributed by atoms with Gasteiger partial charge in [0, 0.05) is 43.0 Å². The normalized spacial score (nSPS) is 10.7. The van der Waals surface area contributed by atoms with E-state index in [1.165, 1.54) is 12.4 Å². The minimum absolute atomic E-state index is 0.0129. The Morgan fingerprint density at radius 3 is 2.66 bits per heavy atom. The first-order valence-corrected chi connectivity index (χ1v) is 10.9. The van der Waals surface area contributed by atoms with Gasteiger partial charge >= 0.3 is 5.97 Å². The minimum atomic E-state index is -1.05. The molecule has 0 atom stereocenters. The number of carbonyl (C=O) groups is 2. The summed E-state index contributed by atoms with van der Waals surface area (Å²) in [7, 11) is 1.79. The second-order valence-corrected chi connectivity index (χ2v) is 7.79. The van der Waals surface area contributed by atoms with Gasteiger partial charge in [0.05, 0.1) is 17.7 Å². The van der Waals surface area contributed by atoms with Gasteiger partial charge in [-0.15, -0.1) is 0 Å². The Hall–Kier alpha value is -4.57. The SMILES string of the molecule is CN(CCO)c1cc(C(=O)Nc2cccc(CNc3ncnc4c(C(=O)O)cccc34)c2)ccn1. The lowest BCUT2D eigenvalue weighted by atomic mass is 10.1. The number of hydrogen-bond donors (Lipinski definition) is 4. The van der Waals surface area contributed by atoms with Gasteiger partial charge in [-0.2, -0.15) is 0 Å². The van der Waals surface area contributed by atoms with Crippen LogP contribution in [0, 0.1) is 0 Å². The first-order chi connectivity index (χ1) is 17.0. The second kappa shape index (κ2) is 10.6. The number of fused-ring (bicyclic) bond motifs is 1. The molecular formula is C25H24N6O4. The smallest absolute Gasteiger partial charge is 0.337 e. The summed E-state index contributed by atoms with van der Waals surface area (Å²) >= 11 is 0. The van der Waals surface area contributed by atoms with Crippen LogP contribution < -0.4 is 15.5 Å². The van der Waals surface area contributed by atoms with Crippen LogP contribution in [0.2, 0.25) is 0 Å². The van der Waals surface area contributed by atoms with Crippen LogP contribution >= 0.6 is 0 Å². The number of amides is 1. The Balaban J connectivity index is 1.47. The largest absolute Gasteiger partial charge is 0.478 e. The molecule has 4 aromatic rings. The number of aromatic carboxylic acids is 1. The predicted octanol–water partition coefficient (Wildman–Crippen LogP) is 3.02. The van der Waals surface area contributed by atoms with E-state index in [0.29, 0.717) is 46.9 Å². The first kappa shape index (κ1) is 23.6. The third-order valence-corrected chi connectivity index (χ3v) is 5.37. The summed E-state index contributed by atoms with van der Waals surface area (Å²) < 4.78 is 0. The van der Waals surface area contributed by atoms with Crippen LogP contribution in [0.25, 0.3) is 10.9 Å². The number of likely N-dealkylation sites (N-methyl/N-ethyl adjacent to an activating group) is 1. The molecule has 0 saturated heterocycles. The molecule has 0 aliphatic rings. The average Bonchev–Trinajstić information content (AvgIpc) is 2.87. The van der Waals surface area contributed by atoms with Gasteiger partial charge in [0.2, 0.25) is 0 Å². The molecule has 2 aromatic heterocycles. The number of nitrogens with one attached hydrogen (secondary N) is 2. The van der Waals surface area contributed by atoms with Crippen molar-refractivity contribution in [3.8, 4) is 0 Å². The lowest BCUT2D eigenvalue weighted by molar-refractivity contribution is 0.0698. The topological polar surface area (TPSA) is 141 Å². The van der Waals surface area contributed by atoms with Crippen molar-refractivity contribution in [2.45, 2.75) is 6.54 Å². The number of para-hydroxylation sites is 1. The molecule has 35 heavy (non-hydrogen) atoms. The van der Waals surface area contributed by atoms with Crippen LogP contribution in [0.3, 0.4) is 0 Å². The molecule has 10 heteroatoms. The van der Waals surface area contributed by atoms with Crippen molar-refractivity contribution in [2.24, 2.45) is 0 Å². The quantitative estimate of drug-likeness (QED) is 0.289. The van der Waals surface area contributed by atoms with Gasteiger partial charge in [-0.1, -0.05) is 18.2 Å². The zero-order valence-corrected chi connectivity index (χ0v) is 19.0. The van der Waals surface area contributed by atoms with Gasteiger partial charge in [0.1, 0.15) is 18.0 Å². The molecule has 0 aliphatic carbocycles. The molecule has 0 bridgehead atoms. The van der Waals surface area contributed by atoms with Crippen molar-refractivity contribution in [1.82, 2.24) is 15.0 Å². The maximum atomic E-state index is 12.8. The summed E-state index contributed by atoms with van der Waals surface area (Å²) in [5.74, 6) is -0.221. The van der Waals surface area contributed by atoms with Gasteiger partial charge in [0.25, 0.3) is 5.91 Å². The van der Waals surface area contributed by atoms with Crippen LogP contribution in [0.5, 0.6) is 0 Å². The lowest BCUT2D eigenvalue weighted by Crippen LogP contribution is -2.23.